The zero-order chi connectivity index (χ0) is 5.82. The Morgan fingerprint density at radius 2 is 2.62 bits per heavy atom. The molecule has 0 bridgehead atoms. The summed E-state index contributed by atoms with van der Waals surface area (Å²) in [6.45, 7) is 5.41. The van der Waals surface area contributed by atoms with Crippen LogP contribution >= 0.6 is 0 Å². The van der Waals surface area contributed by atoms with Crippen LogP contribution in [0.2, 0.25) is 0 Å². The molecule has 46 valence electrons. The molecule has 1 N–H and O–H groups in total. The van der Waals surface area contributed by atoms with Crippen LogP contribution in [0.1, 0.15) is 6.92 Å². The van der Waals surface area contributed by atoms with Crippen LogP contribution in [0.4, 0.5) is 0 Å². The van der Waals surface area contributed by atoms with Crippen LogP contribution in [0.15, 0.2) is 12.3 Å². The van der Waals surface area contributed by atoms with E-state index >= 15 is 0 Å². The molecule has 1 aliphatic rings. The zero-order valence-corrected chi connectivity index (χ0v) is 5.22. The van der Waals surface area contributed by atoms with E-state index in [-0.39, 0.29) is 0 Å². The van der Waals surface area contributed by atoms with Crippen molar-refractivity contribution in [2.24, 2.45) is 0 Å². The third kappa shape index (κ3) is 1.23. The number of nitrogens with one attached hydrogen (secondary N) is 1. The number of likely N-dealkylation sites (N-methyl/N-ethyl adjacent to an activating group) is 1. The fourth-order valence-electron chi connectivity index (χ4n) is 0.772. The smallest absolute Gasteiger partial charge is 0.0675 e. The maximum atomic E-state index is 3.13. The summed E-state index contributed by atoms with van der Waals surface area (Å²) in [5, 5.41) is 3.13. The van der Waals surface area contributed by atoms with Crippen molar-refractivity contribution in [2.75, 3.05) is 19.8 Å². The van der Waals surface area contributed by atoms with Gasteiger partial charge in [0.2, 0.25) is 0 Å². The molecule has 0 radical (unpaired) electrons. The third-order valence-corrected chi connectivity index (χ3v) is 1.36. The van der Waals surface area contributed by atoms with E-state index in [1.54, 1.807) is 0 Å². The summed E-state index contributed by atoms with van der Waals surface area (Å²) in [5.41, 5.74) is 0. The molecule has 1 heterocycles. The molecule has 0 aromatic carbocycles. The molecule has 8 heavy (non-hydrogen) atoms. The lowest BCUT2D eigenvalue weighted by Gasteiger charge is -2.21. The highest BCUT2D eigenvalue weighted by molar-refractivity contribution is 4.86. The van der Waals surface area contributed by atoms with Crippen molar-refractivity contribution < 1.29 is 0 Å². The minimum atomic E-state index is 1.01. The lowest BCUT2D eigenvalue weighted by atomic mass is 10.4. The maximum Gasteiger partial charge on any atom is 0.0675 e. The Morgan fingerprint density at radius 1 is 1.75 bits per heavy atom. The molecular formula is C6H12N2. The maximum absolute atomic E-state index is 3.13. The fourth-order valence-corrected chi connectivity index (χ4v) is 0.772. The zero-order valence-electron chi connectivity index (χ0n) is 5.22. The standard InChI is InChI=1S/C6H12N2/c1-2-8-5-3-4-7-6-8/h3-4,7H,2,5-6H2,1H3. The molecule has 0 spiro atoms. The summed E-state index contributed by atoms with van der Waals surface area (Å²) in [6, 6.07) is 0. The highest BCUT2D eigenvalue weighted by atomic mass is 15.2. The van der Waals surface area contributed by atoms with Gasteiger partial charge in [0.25, 0.3) is 0 Å². The van der Waals surface area contributed by atoms with Crippen LogP contribution in [-0.4, -0.2) is 24.7 Å². The summed E-state index contributed by atoms with van der Waals surface area (Å²) in [7, 11) is 0. The van der Waals surface area contributed by atoms with Crippen molar-refractivity contribution in [1.82, 2.24) is 10.2 Å². The Hall–Kier alpha value is -0.500. The average molecular weight is 112 g/mol. The summed E-state index contributed by atoms with van der Waals surface area (Å²) in [6.07, 6.45) is 4.14. The van der Waals surface area contributed by atoms with E-state index in [9.17, 15) is 0 Å². The highest BCUT2D eigenvalue weighted by Crippen LogP contribution is 1.89. The van der Waals surface area contributed by atoms with Gasteiger partial charge in [0.15, 0.2) is 0 Å². The largest absolute Gasteiger partial charge is 0.378 e. The Labute approximate surface area is 50.2 Å². The number of nitrogens with zero attached hydrogens (tertiary/aromatic N) is 1. The Kier molecular flexibility index (Phi) is 1.92. The van der Waals surface area contributed by atoms with Crippen molar-refractivity contribution >= 4 is 0 Å². The van der Waals surface area contributed by atoms with Gasteiger partial charge in [-0.15, -0.1) is 0 Å². The first-order chi connectivity index (χ1) is 3.93. The first kappa shape index (κ1) is 5.63. The number of hydrogen-bond donors (Lipinski definition) is 1. The topological polar surface area (TPSA) is 15.3 Å². The highest BCUT2D eigenvalue weighted by Gasteiger charge is 1.99. The molecule has 0 unspecified atom stereocenters. The van der Waals surface area contributed by atoms with E-state index in [0.29, 0.717) is 0 Å². The minimum absolute atomic E-state index is 1.01. The first-order valence-electron chi connectivity index (χ1n) is 3.04. The molecule has 1 aliphatic heterocycles. The quantitative estimate of drug-likeness (QED) is 0.527. The molecule has 0 atom stereocenters. The van der Waals surface area contributed by atoms with Gasteiger partial charge in [-0.2, -0.15) is 0 Å². The molecule has 0 saturated carbocycles. The molecule has 0 saturated heterocycles. The Bertz CT molecular complexity index is 88.5. The predicted octanol–water partition coefficient (Wildman–Crippen LogP) is 0.383. The molecular weight excluding hydrogens is 100 g/mol. The lowest BCUT2D eigenvalue weighted by molar-refractivity contribution is 0.296. The van der Waals surface area contributed by atoms with Gasteiger partial charge in [-0.1, -0.05) is 13.0 Å². The van der Waals surface area contributed by atoms with E-state index < -0.39 is 0 Å². The monoisotopic (exact) mass is 112 g/mol. The lowest BCUT2D eigenvalue weighted by Crippen LogP contribution is -2.34. The van der Waals surface area contributed by atoms with Gasteiger partial charge >= 0.3 is 0 Å². The molecule has 1 rings (SSSR count). The van der Waals surface area contributed by atoms with Crippen LogP contribution < -0.4 is 5.32 Å². The van der Waals surface area contributed by atoms with E-state index in [4.69, 9.17) is 0 Å². The van der Waals surface area contributed by atoms with Crippen molar-refractivity contribution in [3.63, 3.8) is 0 Å². The first-order valence-corrected chi connectivity index (χ1v) is 3.04. The molecule has 0 aliphatic carbocycles. The Balaban J connectivity index is 2.27. The Morgan fingerprint density at radius 3 is 3.00 bits per heavy atom. The molecule has 0 aromatic rings. The molecule has 0 fully saturated rings. The van der Waals surface area contributed by atoms with Crippen LogP contribution in [-0.2, 0) is 0 Å². The van der Waals surface area contributed by atoms with Gasteiger partial charge in [-0.3, -0.25) is 4.90 Å². The summed E-state index contributed by atoms with van der Waals surface area (Å²) in [5.74, 6) is 0. The fraction of sp³-hybridized carbons (Fsp3) is 0.667. The second-order valence-corrected chi connectivity index (χ2v) is 1.93. The van der Waals surface area contributed by atoms with Crippen LogP contribution in [0.5, 0.6) is 0 Å². The van der Waals surface area contributed by atoms with Gasteiger partial charge in [-0.05, 0) is 12.7 Å². The van der Waals surface area contributed by atoms with Gasteiger partial charge in [0.05, 0.1) is 6.67 Å². The van der Waals surface area contributed by atoms with Gasteiger partial charge in [-0.25, -0.2) is 0 Å². The third-order valence-electron chi connectivity index (χ3n) is 1.36. The molecule has 0 amide bonds. The number of hydrogen-bond acceptors (Lipinski definition) is 2. The summed E-state index contributed by atoms with van der Waals surface area (Å²) >= 11 is 0. The van der Waals surface area contributed by atoms with Gasteiger partial charge in [0, 0.05) is 6.54 Å². The van der Waals surface area contributed by atoms with E-state index in [0.717, 1.165) is 19.8 Å². The molecule has 2 nitrogen and oxygen atoms in total. The number of rotatable bonds is 1. The van der Waals surface area contributed by atoms with E-state index in [2.05, 4.69) is 23.2 Å². The normalized spacial score (nSPS) is 20.6. The van der Waals surface area contributed by atoms with Crippen LogP contribution in [0.3, 0.4) is 0 Å². The predicted molar refractivity (Wildman–Crippen MR) is 34.4 cm³/mol. The second-order valence-electron chi connectivity index (χ2n) is 1.93. The van der Waals surface area contributed by atoms with Crippen molar-refractivity contribution in [3.8, 4) is 0 Å². The van der Waals surface area contributed by atoms with Gasteiger partial charge < -0.3 is 5.32 Å². The second kappa shape index (κ2) is 2.72. The molecule has 0 aromatic heterocycles. The average Bonchev–Trinajstić information content (AvgIpc) is 1.90. The SMILES string of the molecule is CCN1CC=CNC1. The van der Waals surface area contributed by atoms with Crippen molar-refractivity contribution in [3.05, 3.63) is 12.3 Å². The van der Waals surface area contributed by atoms with Gasteiger partial charge in [0.1, 0.15) is 0 Å². The van der Waals surface area contributed by atoms with Crippen LogP contribution in [0.25, 0.3) is 0 Å². The van der Waals surface area contributed by atoms with E-state index in [1.165, 1.54) is 0 Å². The van der Waals surface area contributed by atoms with E-state index in [1.807, 2.05) is 6.20 Å². The van der Waals surface area contributed by atoms with Crippen molar-refractivity contribution in [2.45, 2.75) is 6.92 Å². The van der Waals surface area contributed by atoms with Crippen LogP contribution in [0, 0.1) is 0 Å². The summed E-state index contributed by atoms with van der Waals surface area (Å²) < 4.78 is 0. The van der Waals surface area contributed by atoms with Crippen molar-refractivity contribution in [1.29, 1.82) is 0 Å². The summed E-state index contributed by atoms with van der Waals surface area (Å²) in [4.78, 5) is 2.32. The minimum Gasteiger partial charge on any atom is -0.378 e. The molecule has 2 heteroatoms.